The maximum Gasteiger partial charge on any atom is 0.333 e. The van der Waals surface area contributed by atoms with Gasteiger partial charge in [-0.2, -0.15) is 19.0 Å². The van der Waals surface area contributed by atoms with E-state index >= 15 is 0 Å². The Bertz CT molecular complexity index is 1270. The molecule has 4 aromatic rings. The van der Waals surface area contributed by atoms with Gasteiger partial charge in [0.15, 0.2) is 0 Å². The molecule has 2 heterocycles. The van der Waals surface area contributed by atoms with Crippen LogP contribution >= 0.6 is 15.9 Å². The lowest BCUT2D eigenvalue weighted by Gasteiger charge is -2.04. The summed E-state index contributed by atoms with van der Waals surface area (Å²) in [4.78, 5) is 4.72. The molecule has 0 unspecified atom stereocenters. The van der Waals surface area contributed by atoms with Crippen molar-refractivity contribution in [3.05, 3.63) is 64.1 Å². The largest absolute Gasteiger partial charge is 0.333 e. The minimum absolute atomic E-state index is 0.240. The van der Waals surface area contributed by atoms with Gasteiger partial charge in [0.2, 0.25) is 0 Å². The van der Waals surface area contributed by atoms with Gasteiger partial charge in [0.05, 0.1) is 21.9 Å². The summed E-state index contributed by atoms with van der Waals surface area (Å²) in [5.74, 6) is -0.240. The molecule has 2 aromatic carbocycles. The maximum absolute atomic E-state index is 14.3. The van der Waals surface area contributed by atoms with Crippen molar-refractivity contribution in [3.8, 4) is 11.3 Å². The first-order valence-electron chi connectivity index (χ1n) is 8.87. The number of hydrogen-bond donors (Lipinski definition) is 1. The van der Waals surface area contributed by atoms with Gasteiger partial charge in [-0.3, -0.25) is 10.1 Å². The number of nitrogens with one attached hydrogen (secondary N) is 1. The Labute approximate surface area is 171 Å². The molecule has 29 heavy (non-hydrogen) atoms. The lowest BCUT2D eigenvalue weighted by atomic mass is 10.1. The summed E-state index contributed by atoms with van der Waals surface area (Å²) < 4.78 is 41.0. The molecule has 0 fully saturated rings. The number of rotatable bonds is 3. The molecule has 0 atom stereocenters. The van der Waals surface area contributed by atoms with Crippen LogP contribution in [0.25, 0.3) is 22.2 Å². The first-order chi connectivity index (χ1) is 14.0. The lowest BCUT2D eigenvalue weighted by Crippen LogP contribution is -1.96. The van der Waals surface area contributed by atoms with Gasteiger partial charge in [-0.1, -0.05) is 6.07 Å². The van der Waals surface area contributed by atoms with Gasteiger partial charge in [0.25, 0.3) is 0 Å². The second kappa shape index (κ2) is 6.84. The number of benzene rings is 2. The Morgan fingerprint density at radius 3 is 2.83 bits per heavy atom. The lowest BCUT2D eigenvalue weighted by molar-refractivity contribution is 0.0566. The molecule has 0 spiro atoms. The molecule has 0 saturated heterocycles. The van der Waals surface area contributed by atoms with Crippen LogP contribution in [0.5, 0.6) is 0 Å². The SMILES string of the molecule is Fc1c(Br)ccc2c1CC/C2=N\c1ccc2[nH]nc(-c3cnn(C(F)F)c3)c2c1. The molecule has 1 N–H and O–H groups in total. The first kappa shape index (κ1) is 18.1. The van der Waals surface area contributed by atoms with Gasteiger partial charge in [0.1, 0.15) is 11.5 Å². The molecule has 1 aliphatic carbocycles. The molecule has 5 nitrogen and oxygen atoms in total. The second-order valence-electron chi connectivity index (χ2n) is 6.73. The normalized spacial score (nSPS) is 15.0. The van der Waals surface area contributed by atoms with Crippen LogP contribution < -0.4 is 0 Å². The summed E-state index contributed by atoms with van der Waals surface area (Å²) in [5.41, 5.74) is 4.76. The highest BCUT2D eigenvalue weighted by atomic mass is 79.9. The summed E-state index contributed by atoms with van der Waals surface area (Å²) >= 11 is 3.22. The Balaban J connectivity index is 1.56. The topological polar surface area (TPSA) is 58.9 Å². The van der Waals surface area contributed by atoms with Crippen molar-refractivity contribution in [1.29, 1.82) is 0 Å². The van der Waals surface area contributed by atoms with Crippen molar-refractivity contribution in [2.24, 2.45) is 4.99 Å². The minimum atomic E-state index is -2.71. The predicted molar refractivity (Wildman–Crippen MR) is 107 cm³/mol. The third-order valence-corrected chi connectivity index (χ3v) is 5.62. The van der Waals surface area contributed by atoms with Crippen LogP contribution in [-0.4, -0.2) is 25.7 Å². The fourth-order valence-corrected chi connectivity index (χ4v) is 3.99. The van der Waals surface area contributed by atoms with Crippen LogP contribution in [0.4, 0.5) is 18.9 Å². The van der Waals surface area contributed by atoms with Crippen LogP contribution in [-0.2, 0) is 6.42 Å². The minimum Gasteiger partial charge on any atom is -0.277 e. The predicted octanol–water partition coefficient (Wildman–Crippen LogP) is 5.79. The number of H-pyrrole nitrogens is 1. The molecule has 0 radical (unpaired) electrons. The Morgan fingerprint density at radius 1 is 1.17 bits per heavy atom. The first-order valence-corrected chi connectivity index (χ1v) is 9.66. The molecule has 9 heteroatoms. The number of nitrogens with zero attached hydrogens (tertiary/aromatic N) is 4. The molecule has 0 bridgehead atoms. The Morgan fingerprint density at radius 2 is 2.03 bits per heavy atom. The molecule has 2 aromatic heterocycles. The molecule has 146 valence electrons. The summed E-state index contributed by atoms with van der Waals surface area (Å²) in [5, 5.41) is 11.6. The molecule has 5 rings (SSSR count). The van der Waals surface area contributed by atoms with E-state index in [9.17, 15) is 13.2 Å². The number of aromatic nitrogens is 4. The van der Waals surface area contributed by atoms with Crippen LogP contribution in [0.15, 0.2) is 52.2 Å². The molecule has 0 saturated carbocycles. The highest BCUT2D eigenvalue weighted by molar-refractivity contribution is 9.10. The zero-order valence-electron chi connectivity index (χ0n) is 14.8. The maximum atomic E-state index is 14.3. The molecule has 0 amide bonds. The van der Waals surface area contributed by atoms with E-state index in [2.05, 4.69) is 31.2 Å². The number of halogens is 4. The van der Waals surface area contributed by atoms with Gasteiger partial charge in [-0.15, -0.1) is 0 Å². The monoisotopic (exact) mass is 459 g/mol. The second-order valence-corrected chi connectivity index (χ2v) is 7.59. The van der Waals surface area contributed by atoms with E-state index in [1.54, 1.807) is 6.07 Å². The standard InChI is InChI=1S/C20H13BrF3N5/c21-15-4-2-12-13(18(15)22)3-6-16(12)26-11-1-5-17-14(7-11)19(28-27-17)10-8-25-29(9-10)20(23)24/h1-2,4-5,7-9,20H,3,6H2,(H,27,28)/b26-16+. The Kier molecular flexibility index (Phi) is 4.27. The number of aromatic amines is 1. The third kappa shape index (κ3) is 3.05. The summed E-state index contributed by atoms with van der Waals surface area (Å²) in [6, 6.07) is 9.07. The molecule has 1 aliphatic rings. The van der Waals surface area contributed by atoms with Crippen molar-refractivity contribution >= 4 is 38.2 Å². The van der Waals surface area contributed by atoms with Crippen LogP contribution in [0.2, 0.25) is 0 Å². The van der Waals surface area contributed by atoms with Gasteiger partial charge in [-0.05, 0) is 58.6 Å². The van der Waals surface area contributed by atoms with Crippen molar-refractivity contribution in [2.75, 3.05) is 0 Å². The zero-order chi connectivity index (χ0) is 20.1. The highest BCUT2D eigenvalue weighted by Gasteiger charge is 2.23. The summed E-state index contributed by atoms with van der Waals surface area (Å²) in [6.07, 6.45) is 3.87. The van der Waals surface area contributed by atoms with Gasteiger partial charge in [0, 0.05) is 28.4 Å². The average Bonchev–Trinajstić information content (AvgIpc) is 3.43. The fraction of sp³-hybridized carbons (Fsp3) is 0.150. The molecular weight excluding hydrogens is 447 g/mol. The average molecular weight is 460 g/mol. The van der Waals surface area contributed by atoms with Crippen molar-refractivity contribution < 1.29 is 13.2 Å². The van der Waals surface area contributed by atoms with Crippen molar-refractivity contribution in [3.63, 3.8) is 0 Å². The van der Waals surface area contributed by atoms with E-state index in [-0.39, 0.29) is 5.82 Å². The van der Waals surface area contributed by atoms with Gasteiger partial charge >= 0.3 is 6.55 Å². The van der Waals surface area contributed by atoms with E-state index < -0.39 is 6.55 Å². The van der Waals surface area contributed by atoms with E-state index in [4.69, 9.17) is 4.99 Å². The zero-order valence-corrected chi connectivity index (χ0v) is 16.4. The molecule has 0 aliphatic heterocycles. The van der Waals surface area contributed by atoms with Crippen LogP contribution in [0.3, 0.4) is 0 Å². The van der Waals surface area contributed by atoms with Gasteiger partial charge < -0.3 is 0 Å². The van der Waals surface area contributed by atoms with Crippen molar-refractivity contribution in [2.45, 2.75) is 19.4 Å². The third-order valence-electron chi connectivity index (χ3n) is 5.00. The highest BCUT2D eigenvalue weighted by Crippen LogP contribution is 2.33. The quantitative estimate of drug-likeness (QED) is 0.421. The number of aliphatic imine (C=N–C) groups is 1. The van der Waals surface area contributed by atoms with Crippen molar-refractivity contribution in [1.82, 2.24) is 20.0 Å². The number of alkyl halides is 2. The van der Waals surface area contributed by atoms with E-state index in [1.807, 2.05) is 24.3 Å². The number of fused-ring (bicyclic) bond motifs is 2. The van der Waals surface area contributed by atoms with E-state index in [1.165, 1.54) is 12.4 Å². The number of hydrogen-bond acceptors (Lipinski definition) is 3. The van der Waals surface area contributed by atoms with E-state index in [0.717, 1.165) is 22.2 Å². The summed E-state index contributed by atoms with van der Waals surface area (Å²) in [7, 11) is 0. The van der Waals surface area contributed by atoms with Gasteiger partial charge in [-0.25, -0.2) is 9.07 Å². The van der Waals surface area contributed by atoms with Crippen LogP contribution in [0.1, 0.15) is 24.1 Å². The molecular formula is C20H13BrF3N5. The fourth-order valence-electron chi connectivity index (χ4n) is 3.62. The van der Waals surface area contributed by atoms with E-state index in [0.29, 0.717) is 44.5 Å². The van der Waals surface area contributed by atoms with Crippen LogP contribution in [0, 0.1) is 5.82 Å². The Hall–Kier alpha value is -2.94. The summed E-state index contributed by atoms with van der Waals surface area (Å²) in [6.45, 7) is -2.71. The smallest absolute Gasteiger partial charge is 0.277 e.